The van der Waals surface area contributed by atoms with Crippen LogP contribution < -0.4 is 5.32 Å². The summed E-state index contributed by atoms with van der Waals surface area (Å²) in [6.07, 6.45) is -0.792. The fourth-order valence-corrected chi connectivity index (χ4v) is 3.77. The van der Waals surface area contributed by atoms with Gasteiger partial charge in [0.25, 0.3) is 0 Å². The summed E-state index contributed by atoms with van der Waals surface area (Å²) >= 11 is 1.13. The first-order valence-corrected chi connectivity index (χ1v) is 9.43. The van der Waals surface area contributed by atoms with Crippen molar-refractivity contribution in [1.29, 1.82) is 0 Å². The van der Waals surface area contributed by atoms with Crippen molar-refractivity contribution in [1.82, 2.24) is 9.55 Å². The number of fused-ring (bicyclic) bond motifs is 2. The molecule has 2 heterocycles. The molecule has 156 valence electrons. The third kappa shape index (κ3) is 4.60. The summed E-state index contributed by atoms with van der Waals surface area (Å²) < 4.78 is 40.8. The smallest absolute Gasteiger partial charge is 0.374 e. The van der Waals surface area contributed by atoms with Crippen LogP contribution in [-0.2, 0) is 22.9 Å². The third-order valence-electron chi connectivity index (χ3n) is 4.20. The molecule has 0 fully saturated rings. The molecular weight excluding hydrogens is 417 g/mol. The maximum Gasteiger partial charge on any atom is 0.416 e. The maximum absolute atomic E-state index is 12.8. The molecular formula is C20H17F3N4O2S. The van der Waals surface area contributed by atoms with Crippen LogP contribution in [-0.4, -0.2) is 29.3 Å². The number of para-hydroxylation sites is 1. The number of oxime groups is 1. The average molecular weight is 434 g/mol. The van der Waals surface area contributed by atoms with Crippen LogP contribution in [0.4, 0.5) is 18.3 Å². The molecule has 4 rings (SSSR count). The van der Waals surface area contributed by atoms with Crippen LogP contribution in [0.2, 0.25) is 0 Å². The zero-order valence-electron chi connectivity index (χ0n) is 15.8. The molecule has 0 aliphatic rings. The van der Waals surface area contributed by atoms with Gasteiger partial charge >= 0.3 is 6.18 Å². The molecule has 4 aromatic rings. The Morgan fingerprint density at radius 2 is 2.03 bits per heavy atom. The van der Waals surface area contributed by atoms with Gasteiger partial charge < -0.3 is 19.5 Å². The molecule has 10 heteroatoms. The number of hydrogen-bond acceptors (Lipinski definition) is 6. The van der Waals surface area contributed by atoms with Gasteiger partial charge in [-0.15, -0.1) is 0 Å². The molecule has 0 unspecified atom stereocenters. The summed E-state index contributed by atoms with van der Waals surface area (Å²) in [7, 11) is 1.96. The first-order chi connectivity index (χ1) is 14.4. The van der Waals surface area contributed by atoms with Crippen molar-refractivity contribution in [2.45, 2.75) is 6.18 Å². The van der Waals surface area contributed by atoms with E-state index in [2.05, 4.69) is 15.5 Å². The largest absolute Gasteiger partial charge is 0.416 e. The van der Waals surface area contributed by atoms with Gasteiger partial charge in [-0.25, -0.2) is 4.98 Å². The van der Waals surface area contributed by atoms with Crippen molar-refractivity contribution < 1.29 is 22.8 Å². The van der Waals surface area contributed by atoms with Crippen LogP contribution in [0.3, 0.4) is 0 Å². The Balaban J connectivity index is 0.00000124. The van der Waals surface area contributed by atoms with Crippen molar-refractivity contribution in [3.05, 3.63) is 59.8 Å². The number of carbonyl (C=O) groups excluding carboxylic acids is 1. The second-order valence-electron chi connectivity index (χ2n) is 6.10. The van der Waals surface area contributed by atoms with E-state index in [1.54, 1.807) is 6.21 Å². The molecule has 0 saturated heterocycles. The molecule has 2 aromatic carbocycles. The minimum Gasteiger partial charge on any atom is -0.374 e. The molecule has 0 saturated carbocycles. The molecule has 6 nitrogen and oxygen atoms in total. The molecule has 0 radical (unpaired) electrons. The number of alkyl halides is 3. The van der Waals surface area contributed by atoms with Crippen LogP contribution in [0.5, 0.6) is 0 Å². The van der Waals surface area contributed by atoms with Crippen molar-refractivity contribution in [2.75, 3.05) is 12.0 Å². The molecule has 0 bridgehead atoms. The summed E-state index contributed by atoms with van der Waals surface area (Å²) in [5.74, 6) is 0. The quantitative estimate of drug-likeness (QED) is 0.207. The topological polar surface area (TPSA) is 68.5 Å². The van der Waals surface area contributed by atoms with E-state index in [0.29, 0.717) is 15.3 Å². The molecule has 2 aromatic heterocycles. The second kappa shape index (κ2) is 8.95. The molecule has 0 aliphatic heterocycles. The lowest BCUT2D eigenvalue weighted by Gasteiger charge is -2.04. The summed E-state index contributed by atoms with van der Waals surface area (Å²) in [6, 6.07) is 11.4. The lowest BCUT2D eigenvalue weighted by molar-refractivity contribution is -0.137. The molecule has 0 amide bonds. The minimum atomic E-state index is -4.37. The Bertz CT molecular complexity index is 1180. The van der Waals surface area contributed by atoms with Gasteiger partial charge in [0.15, 0.2) is 11.9 Å². The van der Waals surface area contributed by atoms with E-state index in [1.807, 2.05) is 48.9 Å². The van der Waals surface area contributed by atoms with Gasteiger partial charge in [0.05, 0.1) is 22.0 Å². The number of halogens is 3. The predicted molar refractivity (Wildman–Crippen MR) is 112 cm³/mol. The summed E-state index contributed by atoms with van der Waals surface area (Å²) in [5.41, 5.74) is 1.83. The van der Waals surface area contributed by atoms with Crippen LogP contribution in [0.25, 0.3) is 21.1 Å². The van der Waals surface area contributed by atoms with E-state index < -0.39 is 11.7 Å². The van der Waals surface area contributed by atoms with Gasteiger partial charge in [0, 0.05) is 29.7 Å². The number of rotatable bonds is 5. The number of nitrogens with zero attached hydrogens (tertiary/aromatic N) is 3. The number of aryl methyl sites for hydroxylation is 1. The average Bonchev–Trinajstić information content (AvgIpc) is 3.29. The number of hydrogen-bond donors (Lipinski definition) is 1. The molecule has 0 spiro atoms. The first kappa shape index (κ1) is 21.3. The maximum atomic E-state index is 12.8. The first-order valence-electron chi connectivity index (χ1n) is 8.62. The lowest BCUT2D eigenvalue weighted by atomic mass is 10.2. The molecule has 1 N–H and O–H groups in total. The number of benzene rings is 2. The van der Waals surface area contributed by atoms with Crippen LogP contribution in [0.1, 0.15) is 11.1 Å². The minimum absolute atomic E-state index is 0.0488. The van der Waals surface area contributed by atoms with Gasteiger partial charge in [0.1, 0.15) is 6.79 Å². The van der Waals surface area contributed by atoms with E-state index in [1.165, 1.54) is 6.07 Å². The number of anilines is 1. The Morgan fingerprint density at radius 1 is 1.27 bits per heavy atom. The van der Waals surface area contributed by atoms with E-state index in [4.69, 9.17) is 9.63 Å². The van der Waals surface area contributed by atoms with Gasteiger partial charge in [-0.05, 0) is 24.3 Å². The number of thiazole rings is 1. The predicted octanol–water partition coefficient (Wildman–Crippen LogP) is 5.04. The van der Waals surface area contributed by atoms with E-state index in [0.717, 1.165) is 39.9 Å². The molecule has 0 aliphatic carbocycles. The zero-order chi connectivity index (χ0) is 21.7. The van der Waals surface area contributed by atoms with Crippen molar-refractivity contribution in [3.63, 3.8) is 0 Å². The fraction of sp³-hybridized carbons (Fsp3) is 0.150. The number of carbonyl (C=O) groups is 1. The van der Waals surface area contributed by atoms with E-state index in [9.17, 15) is 13.2 Å². The Labute approximate surface area is 173 Å². The van der Waals surface area contributed by atoms with Gasteiger partial charge in [-0.2, -0.15) is 13.2 Å². The van der Waals surface area contributed by atoms with Crippen molar-refractivity contribution >= 4 is 50.6 Å². The Kier molecular flexibility index (Phi) is 6.36. The standard InChI is InChI=1S/C19H15F3N4OS.CH2O/c1-26-10-12(14-4-2-3-5-16(14)26)9-24-27-11-23-18-25-15-7-6-13(19(20,21)22)8-17(15)28-18;1-2/h2-10H,11H2,1H3,(H,23,25);1H2/b24-9+;. The third-order valence-corrected chi connectivity index (χ3v) is 5.17. The Hall–Kier alpha value is -3.40. The van der Waals surface area contributed by atoms with Gasteiger partial charge in [-0.1, -0.05) is 34.7 Å². The normalized spacial score (nSPS) is 11.6. The SMILES string of the molecule is C=O.Cn1cc(/C=N/OCNc2nc3ccc(C(F)(F)F)cc3s2)c2ccccc21. The highest BCUT2D eigenvalue weighted by Gasteiger charge is 2.30. The highest BCUT2D eigenvalue weighted by Crippen LogP contribution is 2.34. The van der Waals surface area contributed by atoms with Gasteiger partial charge in [0.2, 0.25) is 0 Å². The van der Waals surface area contributed by atoms with Crippen LogP contribution >= 0.6 is 11.3 Å². The summed E-state index contributed by atoms with van der Waals surface area (Å²) in [5, 5.41) is 8.39. The molecule has 30 heavy (non-hydrogen) atoms. The fourth-order valence-electron chi connectivity index (χ4n) is 2.88. The number of aromatic nitrogens is 2. The van der Waals surface area contributed by atoms with E-state index in [-0.39, 0.29) is 6.73 Å². The second-order valence-corrected chi connectivity index (χ2v) is 7.13. The van der Waals surface area contributed by atoms with Crippen molar-refractivity contribution in [3.8, 4) is 0 Å². The summed E-state index contributed by atoms with van der Waals surface area (Å²) in [4.78, 5) is 17.5. The van der Waals surface area contributed by atoms with Gasteiger partial charge in [-0.3, -0.25) is 0 Å². The lowest BCUT2D eigenvalue weighted by Crippen LogP contribution is -2.03. The zero-order valence-corrected chi connectivity index (χ0v) is 16.6. The van der Waals surface area contributed by atoms with Crippen LogP contribution in [0.15, 0.2) is 53.8 Å². The van der Waals surface area contributed by atoms with Crippen molar-refractivity contribution in [2.24, 2.45) is 12.2 Å². The van der Waals surface area contributed by atoms with Crippen LogP contribution in [0, 0.1) is 0 Å². The van der Waals surface area contributed by atoms with E-state index >= 15 is 0 Å². The molecule has 0 atom stereocenters. The number of nitrogens with one attached hydrogen (secondary N) is 1. The Morgan fingerprint density at radius 3 is 2.80 bits per heavy atom. The highest BCUT2D eigenvalue weighted by molar-refractivity contribution is 7.22. The highest BCUT2D eigenvalue weighted by atomic mass is 32.1. The monoisotopic (exact) mass is 434 g/mol. The summed E-state index contributed by atoms with van der Waals surface area (Å²) in [6.45, 7) is 2.05.